The van der Waals surface area contributed by atoms with Crippen LogP contribution in [0.25, 0.3) is 0 Å². The molecule has 2 aromatic carbocycles. The van der Waals surface area contributed by atoms with Gasteiger partial charge in [0.2, 0.25) is 23.6 Å². The molecule has 4 bridgehead atoms. The Kier molecular flexibility index (Phi) is 20.9. The summed E-state index contributed by atoms with van der Waals surface area (Å²) < 4.78 is 40.4. The lowest BCUT2D eigenvalue weighted by Gasteiger charge is -2.42. The zero-order valence-electron chi connectivity index (χ0n) is 46.0. The SMILES string of the molecule is CNC(=O)CCCOc1cc(O)c2c(c1)OCC/C2=N\NC(=O)CC(C)(C)SSCCC(=O)N(C)[C@@H](C)C(=O)O[C@H]1CC(=O)N(C)c2cc(cc(OC)c2Cl)C/C(C)=C/C=C/[C@@H](OC)[C@@]2(O)C[C@H](OC(=O)N2)[C@@H](C)[C@@H]2O[C@@]12C. The molecule has 2 fully saturated rings. The molecule has 2 aromatic rings. The summed E-state index contributed by atoms with van der Waals surface area (Å²) in [5.74, 6) is -1.39. The first-order valence-electron chi connectivity index (χ1n) is 25.7. The first kappa shape index (κ1) is 61.5. The Balaban J connectivity index is 1.08. The second-order valence-corrected chi connectivity index (χ2v) is 24.1. The van der Waals surface area contributed by atoms with Gasteiger partial charge in [-0.3, -0.25) is 24.5 Å². The molecule has 0 unspecified atom stereocenters. The number of epoxide rings is 1. The highest BCUT2D eigenvalue weighted by Gasteiger charge is 2.64. The van der Waals surface area contributed by atoms with Crippen LogP contribution in [0, 0.1) is 5.92 Å². The fourth-order valence-corrected chi connectivity index (χ4v) is 12.2. The number of anilines is 1. The van der Waals surface area contributed by atoms with E-state index < -0.39 is 70.4 Å². The highest BCUT2D eigenvalue weighted by Crippen LogP contribution is 2.49. The minimum absolute atomic E-state index is 0.0439. The standard InChI is InChI=1S/C54H73ClN6O15S2/c1-30-14-12-15-41(71-11)54(69)28-40(74-51(68)57-54)31(2)49-53(6,76-49)42(27-46(66)61(9)36-23-33(22-30)24-39(70-10)48(36)55)75-50(67)32(3)60(8)45(65)18-21-77-78-52(4,5)29-44(64)59-58-35-17-20-73-38-26-34(25-37(62)47(35)38)72-19-13-16-43(63)56-7/h12,14-15,23-26,31-32,40-42,49,62,69H,13,16-22,27-29H2,1-11H3,(H,56,63)(H,57,68)(H,59,64)/b15-12+,30-14+,58-35+/t31-,32+,40+,41-,42+,49+,53+,54+/m1/s1. The maximum atomic E-state index is 14.4. The number of hydrogen-bond donors (Lipinski definition) is 5. The van der Waals surface area contributed by atoms with Gasteiger partial charge in [0.1, 0.15) is 58.0 Å². The molecular formula is C54H73ClN6O15S2. The van der Waals surface area contributed by atoms with Gasteiger partial charge >= 0.3 is 12.1 Å². The molecule has 428 valence electrons. The Morgan fingerprint density at radius 2 is 1.87 bits per heavy atom. The van der Waals surface area contributed by atoms with Gasteiger partial charge in [0, 0.05) is 88.9 Å². The minimum atomic E-state index is -1.88. The molecule has 0 aromatic heterocycles. The highest BCUT2D eigenvalue weighted by molar-refractivity contribution is 8.77. The zero-order chi connectivity index (χ0) is 57.3. The number of aliphatic hydroxyl groups is 1. The number of amides is 5. The number of hydrazone groups is 1. The van der Waals surface area contributed by atoms with Gasteiger partial charge < -0.3 is 58.5 Å². The van der Waals surface area contributed by atoms with E-state index >= 15 is 0 Å². The van der Waals surface area contributed by atoms with Crippen LogP contribution in [0.3, 0.4) is 0 Å². The molecule has 5 amide bonds. The lowest BCUT2D eigenvalue weighted by Crippen LogP contribution is -2.63. The fraction of sp³-hybridized carbons (Fsp3) is 0.574. The molecule has 24 heteroatoms. The molecule has 78 heavy (non-hydrogen) atoms. The largest absolute Gasteiger partial charge is 0.507 e. The van der Waals surface area contributed by atoms with Crippen molar-refractivity contribution in [2.45, 2.75) is 139 Å². The number of esters is 1. The number of phenols is 1. The van der Waals surface area contributed by atoms with E-state index in [-0.39, 0.29) is 67.4 Å². The van der Waals surface area contributed by atoms with Gasteiger partial charge in [-0.05, 0) is 65.2 Å². The van der Waals surface area contributed by atoms with Crippen LogP contribution in [0.15, 0.2) is 53.2 Å². The van der Waals surface area contributed by atoms with E-state index in [2.05, 4.69) is 21.2 Å². The molecule has 5 N–H and O–H groups in total. The first-order chi connectivity index (χ1) is 36.8. The number of likely N-dealkylation sites (N-methyl/N-ethyl adjacent to an activating group) is 1. The van der Waals surface area contributed by atoms with Crippen molar-refractivity contribution in [3.05, 3.63) is 64.2 Å². The average molecular weight is 1150 g/mol. The number of hydrogen-bond acceptors (Lipinski definition) is 18. The smallest absolute Gasteiger partial charge is 0.409 e. The molecule has 4 aliphatic heterocycles. The van der Waals surface area contributed by atoms with Crippen LogP contribution in [0.2, 0.25) is 5.02 Å². The topological polar surface area (TPSA) is 266 Å². The number of carbonyl (C=O) groups excluding carboxylic acids is 6. The third kappa shape index (κ3) is 15.3. The van der Waals surface area contributed by atoms with E-state index in [0.29, 0.717) is 65.6 Å². The number of methoxy groups -OCH3 is 2. The number of nitrogens with zero attached hydrogens (tertiary/aromatic N) is 3. The number of nitrogens with one attached hydrogen (secondary N) is 3. The molecule has 8 atom stereocenters. The lowest BCUT2D eigenvalue weighted by atomic mass is 9.83. The van der Waals surface area contributed by atoms with E-state index in [9.17, 15) is 39.0 Å². The summed E-state index contributed by atoms with van der Waals surface area (Å²) in [4.78, 5) is 82.5. The molecule has 2 saturated heterocycles. The van der Waals surface area contributed by atoms with Gasteiger partial charge in [0.15, 0.2) is 5.72 Å². The van der Waals surface area contributed by atoms with E-state index in [4.69, 9.17) is 44.8 Å². The monoisotopic (exact) mass is 1140 g/mol. The van der Waals surface area contributed by atoms with Crippen LogP contribution >= 0.6 is 33.2 Å². The lowest BCUT2D eigenvalue weighted by molar-refractivity contribution is -0.162. The van der Waals surface area contributed by atoms with Gasteiger partial charge in [0.05, 0.1) is 49.8 Å². The van der Waals surface area contributed by atoms with E-state index in [0.717, 1.165) is 11.1 Å². The van der Waals surface area contributed by atoms with Crippen LogP contribution in [-0.2, 0) is 49.3 Å². The van der Waals surface area contributed by atoms with Crippen LogP contribution in [0.5, 0.6) is 23.0 Å². The molecular weight excluding hydrogens is 1070 g/mol. The molecule has 4 heterocycles. The normalized spacial score (nSPS) is 26.3. The maximum Gasteiger partial charge on any atom is 0.409 e. The second kappa shape index (κ2) is 26.5. The van der Waals surface area contributed by atoms with Gasteiger partial charge in [-0.1, -0.05) is 63.9 Å². The highest BCUT2D eigenvalue weighted by atomic mass is 35.5. The number of rotatable bonds is 18. The molecule has 21 nitrogen and oxygen atoms in total. The number of halogens is 1. The number of aromatic hydroxyl groups is 1. The third-order valence-corrected chi connectivity index (χ3v) is 17.8. The van der Waals surface area contributed by atoms with Crippen molar-refractivity contribution in [3.8, 4) is 23.0 Å². The number of fused-ring (bicyclic) bond motifs is 6. The Labute approximate surface area is 468 Å². The fourth-order valence-electron chi connectivity index (χ4n) is 9.42. The quantitative estimate of drug-likeness (QED) is 0.0357. The Bertz CT molecular complexity index is 2670. The molecule has 0 radical (unpaired) electrons. The second-order valence-electron chi connectivity index (χ2n) is 20.6. The van der Waals surface area contributed by atoms with Gasteiger partial charge in [-0.15, -0.1) is 0 Å². The van der Waals surface area contributed by atoms with Gasteiger partial charge in [-0.25, -0.2) is 15.0 Å². The number of alkyl carbamates (subject to hydrolysis) is 1. The van der Waals surface area contributed by atoms with Crippen LogP contribution in [0.1, 0.15) is 97.6 Å². The number of benzene rings is 2. The molecule has 0 spiro atoms. The maximum absolute atomic E-state index is 14.4. The first-order valence-corrected chi connectivity index (χ1v) is 28.4. The molecule has 4 aliphatic rings. The van der Waals surface area contributed by atoms with E-state index in [1.807, 2.05) is 26.8 Å². The third-order valence-electron chi connectivity index (χ3n) is 14.1. The summed E-state index contributed by atoms with van der Waals surface area (Å²) in [6, 6.07) is 5.52. The van der Waals surface area contributed by atoms with Crippen LogP contribution < -0.4 is 35.2 Å². The van der Waals surface area contributed by atoms with Crippen molar-refractivity contribution in [3.63, 3.8) is 0 Å². The number of ether oxygens (including phenoxy) is 7. The van der Waals surface area contributed by atoms with Gasteiger partial charge in [-0.2, -0.15) is 5.10 Å². The summed E-state index contributed by atoms with van der Waals surface area (Å²) in [5, 5.41) is 32.3. The predicted molar refractivity (Wildman–Crippen MR) is 296 cm³/mol. The summed E-state index contributed by atoms with van der Waals surface area (Å²) in [6.07, 6.45) is 1.71. The van der Waals surface area contributed by atoms with Crippen molar-refractivity contribution in [2.75, 3.05) is 59.2 Å². The average Bonchev–Trinajstić information content (AvgIpc) is 4.15. The summed E-state index contributed by atoms with van der Waals surface area (Å²) in [5.41, 5.74) is 2.25. The Morgan fingerprint density at radius 1 is 1.13 bits per heavy atom. The molecule has 0 saturated carbocycles. The zero-order valence-corrected chi connectivity index (χ0v) is 48.4. The van der Waals surface area contributed by atoms with Gasteiger partial charge in [0.25, 0.3) is 0 Å². The molecule has 0 aliphatic carbocycles. The molecule has 6 rings (SSSR count). The Morgan fingerprint density at radius 3 is 2.58 bits per heavy atom. The minimum Gasteiger partial charge on any atom is -0.507 e. The summed E-state index contributed by atoms with van der Waals surface area (Å²) in [7, 11) is 10.3. The van der Waals surface area contributed by atoms with E-state index in [1.54, 1.807) is 58.3 Å². The van der Waals surface area contributed by atoms with Crippen LogP contribution in [0.4, 0.5) is 10.5 Å². The van der Waals surface area contributed by atoms with Crippen molar-refractivity contribution < 1.29 is 72.1 Å². The van der Waals surface area contributed by atoms with Crippen LogP contribution in [-0.4, -0.2) is 157 Å². The Hall–Kier alpha value is -5.72. The van der Waals surface area contributed by atoms with Crippen molar-refractivity contribution in [2.24, 2.45) is 11.0 Å². The van der Waals surface area contributed by atoms with E-state index in [1.165, 1.54) is 65.6 Å². The number of phenolic OH excluding ortho intramolecular Hbond substituents is 1. The van der Waals surface area contributed by atoms with Crippen molar-refractivity contribution in [1.82, 2.24) is 21.0 Å². The summed E-state index contributed by atoms with van der Waals surface area (Å²) in [6.45, 7) is 11.2. The number of carbonyl (C=O) groups is 6. The van der Waals surface area contributed by atoms with Crippen molar-refractivity contribution in [1.29, 1.82) is 0 Å². The van der Waals surface area contributed by atoms with Crippen molar-refractivity contribution >= 4 is 80.3 Å². The predicted octanol–water partition coefficient (Wildman–Crippen LogP) is 6.37. The summed E-state index contributed by atoms with van der Waals surface area (Å²) >= 11 is 6.83. The number of allylic oxidation sites excluding steroid dienone is 3.